The van der Waals surface area contributed by atoms with Gasteiger partial charge in [-0.05, 0) is 47.5 Å². The molecule has 1 aliphatic heterocycles. The molecular formula is C12H27N3. The van der Waals surface area contributed by atoms with Gasteiger partial charge in [0.2, 0.25) is 0 Å². The van der Waals surface area contributed by atoms with Crippen LogP contribution in [0, 0.1) is 0 Å². The topological polar surface area (TPSA) is 18.5 Å². The van der Waals surface area contributed by atoms with Gasteiger partial charge in [-0.3, -0.25) is 0 Å². The van der Waals surface area contributed by atoms with Gasteiger partial charge in [-0.1, -0.05) is 6.42 Å². The van der Waals surface area contributed by atoms with Gasteiger partial charge in [0.1, 0.15) is 0 Å². The second kappa shape index (κ2) is 5.83. The molecule has 3 heteroatoms. The molecule has 0 aromatic heterocycles. The van der Waals surface area contributed by atoms with Crippen LogP contribution < -0.4 is 5.32 Å². The highest BCUT2D eigenvalue weighted by molar-refractivity contribution is 4.88. The quantitative estimate of drug-likeness (QED) is 0.735. The van der Waals surface area contributed by atoms with Crippen molar-refractivity contribution in [3.05, 3.63) is 0 Å². The number of nitrogens with one attached hydrogen (secondary N) is 1. The molecule has 0 saturated carbocycles. The monoisotopic (exact) mass is 213 g/mol. The van der Waals surface area contributed by atoms with Crippen LogP contribution in [0.25, 0.3) is 0 Å². The maximum absolute atomic E-state index is 3.66. The lowest BCUT2D eigenvalue weighted by Gasteiger charge is -2.38. The summed E-state index contributed by atoms with van der Waals surface area (Å²) in [6, 6.07) is 0. The molecule has 1 N–H and O–H groups in total. The highest BCUT2D eigenvalue weighted by atomic mass is 15.2. The fraction of sp³-hybridized carbons (Fsp3) is 1.00. The van der Waals surface area contributed by atoms with Crippen molar-refractivity contribution in [3.63, 3.8) is 0 Å². The zero-order valence-electron chi connectivity index (χ0n) is 10.8. The predicted molar refractivity (Wildman–Crippen MR) is 66.3 cm³/mol. The van der Waals surface area contributed by atoms with Crippen molar-refractivity contribution in [2.75, 3.05) is 47.3 Å². The first kappa shape index (κ1) is 12.9. The van der Waals surface area contributed by atoms with Gasteiger partial charge in [-0.25, -0.2) is 0 Å². The SMILES string of the molecule is CN(C)CCN(C)CC1(C)CCCCN1. The van der Waals surface area contributed by atoms with Gasteiger partial charge in [0, 0.05) is 25.2 Å². The van der Waals surface area contributed by atoms with Crippen molar-refractivity contribution in [1.82, 2.24) is 15.1 Å². The number of hydrogen-bond acceptors (Lipinski definition) is 3. The molecule has 0 radical (unpaired) electrons. The average molecular weight is 213 g/mol. The molecular weight excluding hydrogens is 186 g/mol. The highest BCUT2D eigenvalue weighted by Crippen LogP contribution is 2.19. The Bertz CT molecular complexity index is 174. The Kier molecular flexibility index (Phi) is 5.03. The van der Waals surface area contributed by atoms with Crippen molar-refractivity contribution < 1.29 is 0 Å². The van der Waals surface area contributed by atoms with E-state index in [1.54, 1.807) is 0 Å². The third kappa shape index (κ3) is 4.96. The average Bonchev–Trinajstić information content (AvgIpc) is 2.15. The van der Waals surface area contributed by atoms with Gasteiger partial charge in [0.05, 0.1) is 0 Å². The largest absolute Gasteiger partial charge is 0.310 e. The molecule has 1 saturated heterocycles. The molecule has 0 aromatic carbocycles. The normalized spacial score (nSPS) is 27.6. The molecule has 0 aliphatic carbocycles. The van der Waals surface area contributed by atoms with E-state index >= 15 is 0 Å². The van der Waals surface area contributed by atoms with Gasteiger partial charge in [0.25, 0.3) is 0 Å². The van der Waals surface area contributed by atoms with Crippen LogP contribution in [0.3, 0.4) is 0 Å². The van der Waals surface area contributed by atoms with Crippen LogP contribution in [-0.4, -0.2) is 62.7 Å². The Morgan fingerprint density at radius 3 is 2.40 bits per heavy atom. The number of nitrogens with zero attached hydrogens (tertiary/aromatic N) is 2. The van der Waals surface area contributed by atoms with E-state index < -0.39 is 0 Å². The number of piperidine rings is 1. The lowest BCUT2D eigenvalue weighted by atomic mass is 9.90. The maximum atomic E-state index is 3.66. The molecule has 15 heavy (non-hydrogen) atoms. The van der Waals surface area contributed by atoms with Gasteiger partial charge >= 0.3 is 0 Å². The second-order valence-electron chi connectivity index (χ2n) is 5.49. The van der Waals surface area contributed by atoms with E-state index in [9.17, 15) is 0 Å². The summed E-state index contributed by atoms with van der Waals surface area (Å²) in [5.41, 5.74) is 0.347. The maximum Gasteiger partial charge on any atom is 0.0280 e. The Labute approximate surface area is 94.8 Å². The molecule has 1 aliphatic rings. The van der Waals surface area contributed by atoms with E-state index in [-0.39, 0.29) is 0 Å². The van der Waals surface area contributed by atoms with Crippen LogP contribution in [0.4, 0.5) is 0 Å². The standard InChI is InChI=1S/C12H27N3/c1-12(7-5-6-8-13-12)11-15(4)10-9-14(2)3/h13H,5-11H2,1-4H3. The first-order valence-corrected chi connectivity index (χ1v) is 6.10. The van der Waals surface area contributed by atoms with Gasteiger partial charge < -0.3 is 15.1 Å². The molecule has 1 heterocycles. The van der Waals surface area contributed by atoms with E-state index in [1.165, 1.54) is 32.4 Å². The zero-order valence-corrected chi connectivity index (χ0v) is 10.8. The smallest absolute Gasteiger partial charge is 0.0280 e. The molecule has 0 bridgehead atoms. The molecule has 3 nitrogen and oxygen atoms in total. The fourth-order valence-electron chi connectivity index (χ4n) is 2.30. The molecule has 0 spiro atoms. The van der Waals surface area contributed by atoms with Crippen LogP contribution in [0.2, 0.25) is 0 Å². The third-order valence-corrected chi connectivity index (χ3v) is 3.25. The number of rotatable bonds is 5. The Morgan fingerprint density at radius 1 is 1.13 bits per heavy atom. The van der Waals surface area contributed by atoms with Crippen LogP contribution >= 0.6 is 0 Å². The number of hydrogen-bond donors (Lipinski definition) is 1. The van der Waals surface area contributed by atoms with Gasteiger partial charge in [0.15, 0.2) is 0 Å². The minimum atomic E-state index is 0.347. The zero-order chi connectivity index (χ0) is 11.3. The predicted octanol–water partition coefficient (Wildman–Crippen LogP) is 1.01. The van der Waals surface area contributed by atoms with Crippen molar-refractivity contribution in [3.8, 4) is 0 Å². The first-order chi connectivity index (χ1) is 7.02. The summed E-state index contributed by atoms with van der Waals surface area (Å²) in [4.78, 5) is 4.69. The minimum absolute atomic E-state index is 0.347. The van der Waals surface area contributed by atoms with E-state index in [4.69, 9.17) is 0 Å². The van der Waals surface area contributed by atoms with Gasteiger partial charge in [-0.15, -0.1) is 0 Å². The minimum Gasteiger partial charge on any atom is -0.310 e. The molecule has 0 amide bonds. The third-order valence-electron chi connectivity index (χ3n) is 3.25. The molecule has 90 valence electrons. The lowest BCUT2D eigenvalue weighted by Crippen LogP contribution is -2.53. The molecule has 1 unspecified atom stereocenters. The Balaban J connectivity index is 2.25. The molecule has 1 atom stereocenters. The highest BCUT2D eigenvalue weighted by Gasteiger charge is 2.27. The van der Waals surface area contributed by atoms with Crippen molar-refractivity contribution in [2.45, 2.75) is 31.7 Å². The van der Waals surface area contributed by atoms with Crippen molar-refractivity contribution in [1.29, 1.82) is 0 Å². The van der Waals surface area contributed by atoms with E-state index in [0.29, 0.717) is 5.54 Å². The Morgan fingerprint density at radius 2 is 1.87 bits per heavy atom. The second-order valence-corrected chi connectivity index (χ2v) is 5.49. The van der Waals surface area contributed by atoms with Crippen LogP contribution in [0.1, 0.15) is 26.2 Å². The van der Waals surface area contributed by atoms with Crippen molar-refractivity contribution >= 4 is 0 Å². The summed E-state index contributed by atoms with van der Waals surface area (Å²) in [5, 5.41) is 3.66. The summed E-state index contributed by atoms with van der Waals surface area (Å²) in [6.07, 6.45) is 4.04. The van der Waals surface area contributed by atoms with E-state index in [1.807, 2.05) is 0 Å². The Hall–Kier alpha value is -0.120. The van der Waals surface area contributed by atoms with E-state index in [2.05, 4.69) is 43.2 Å². The van der Waals surface area contributed by atoms with Gasteiger partial charge in [-0.2, -0.15) is 0 Å². The summed E-state index contributed by atoms with van der Waals surface area (Å²) >= 11 is 0. The molecule has 0 aromatic rings. The van der Waals surface area contributed by atoms with E-state index in [0.717, 1.165) is 13.1 Å². The summed E-state index contributed by atoms with van der Waals surface area (Å²) in [7, 11) is 6.49. The lowest BCUT2D eigenvalue weighted by molar-refractivity contribution is 0.177. The van der Waals surface area contributed by atoms with Crippen molar-refractivity contribution in [2.24, 2.45) is 0 Å². The van der Waals surface area contributed by atoms with Crippen LogP contribution in [0.5, 0.6) is 0 Å². The number of likely N-dealkylation sites (N-methyl/N-ethyl adjacent to an activating group) is 2. The summed E-state index contributed by atoms with van der Waals surface area (Å²) in [5.74, 6) is 0. The summed E-state index contributed by atoms with van der Waals surface area (Å²) in [6.45, 7) is 7.02. The fourth-order valence-corrected chi connectivity index (χ4v) is 2.30. The molecule has 1 rings (SSSR count). The summed E-state index contributed by atoms with van der Waals surface area (Å²) < 4.78 is 0. The first-order valence-electron chi connectivity index (χ1n) is 6.10. The van der Waals surface area contributed by atoms with Crippen LogP contribution in [-0.2, 0) is 0 Å². The molecule has 1 fully saturated rings. The van der Waals surface area contributed by atoms with Crippen LogP contribution in [0.15, 0.2) is 0 Å².